The summed E-state index contributed by atoms with van der Waals surface area (Å²) in [5.41, 5.74) is 1.30. The first-order valence-corrected chi connectivity index (χ1v) is 9.68. The van der Waals surface area contributed by atoms with Gasteiger partial charge < -0.3 is 9.47 Å². The van der Waals surface area contributed by atoms with Crippen molar-refractivity contribution in [3.63, 3.8) is 0 Å². The van der Waals surface area contributed by atoms with Crippen LogP contribution in [0.1, 0.15) is 59.8 Å². The van der Waals surface area contributed by atoms with Crippen LogP contribution in [0, 0.1) is 18.7 Å². The maximum absolute atomic E-state index is 13.6. The number of piperidine rings is 1. The van der Waals surface area contributed by atoms with Crippen molar-refractivity contribution in [2.75, 3.05) is 13.1 Å². The van der Waals surface area contributed by atoms with Gasteiger partial charge in [0.2, 0.25) is 0 Å². The fourth-order valence-electron chi connectivity index (χ4n) is 4.16. The first-order chi connectivity index (χ1) is 12.6. The molecule has 1 saturated carbocycles. The second-order valence-electron chi connectivity index (χ2n) is 7.78. The van der Waals surface area contributed by atoms with Gasteiger partial charge in [-0.3, -0.25) is 4.79 Å². The molecule has 0 N–H and O–H groups in total. The molecule has 0 bridgehead atoms. The van der Waals surface area contributed by atoms with E-state index in [2.05, 4.69) is 15.7 Å². The fraction of sp³-hybridized carbons (Fsp3) is 0.524. The van der Waals surface area contributed by atoms with Crippen LogP contribution >= 0.6 is 0 Å². The fourth-order valence-corrected chi connectivity index (χ4v) is 4.16. The molecule has 1 amide bonds. The summed E-state index contributed by atoms with van der Waals surface area (Å²) >= 11 is 0. The van der Waals surface area contributed by atoms with E-state index < -0.39 is 0 Å². The molecule has 138 valence electrons. The normalized spacial score (nSPS) is 20.8. The van der Waals surface area contributed by atoms with Crippen LogP contribution in [0.2, 0.25) is 0 Å². The Kier molecular flexibility index (Phi) is 4.79. The highest BCUT2D eigenvalue weighted by Crippen LogP contribution is 2.31. The predicted octanol–water partition coefficient (Wildman–Crippen LogP) is 4.15. The molecule has 1 aliphatic heterocycles. The number of hydrogen-bond donors (Lipinski definition) is 0. The number of benzene rings is 1. The van der Waals surface area contributed by atoms with Crippen molar-refractivity contribution < 1.29 is 9.18 Å². The number of carbonyl (C=O) groups is 1. The minimum absolute atomic E-state index is 0.0659. The van der Waals surface area contributed by atoms with E-state index in [1.807, 2.05) is 18.0 Å². The lowest BCUT2D eigenvalue weighted by atomic mass is 9.85. The standard InChI is InChI=1S/C21H26FN3O/c1-15-7-8-18(22)12-19(15)21(26)25-10-3-6-17(14-25)20-23-9-11-24(20)13-16-4-2-5-16/h7-9,11-12,16-17H,2-6,10,13-14H2,1H3. The Morgan fingerprint density at radius 1 is 1.27 bits per heavy atom. The molecule has 4 nitrogen and oxygen atoms in total. The molecule has 2 aliphatic rings. The maximum Gasteiger partial charge on any atom is 0.254 e. The first-order valence-electron chi connectivity index (χ1n) is 9.68. The summed E-state index contributed by atoms with van der Waals surface area (Å²) in [6, 6.07) is 4.44. The van der Waals surface area contributed by atoms with Crippen LogP contribution in [0.15, 0.2) is 30.6 Å². The largest absolute Gasteiger partial charge is 0.338 e. The number of halogens is 1. The summed E-state index contributed by atoms with van der Waals surface area (Å²) in [5, 5.41) is 0. The summed E-state index contributed by atoms with van der Waals surface area (Å²) in [6.07, 6.45) is 9.93. The van der Waals surface area contributed by atoms with Gasteiger partial charge in [0.15, 0.2) is 0 Å². The van der Waals surface area contributed by atoms with Crippen LogP contribution < -0.4 is 0 Å². The van der Waals surface area contributed by atoms with E-state index in [1.165, 1.54) is 31.4 Å². The van der Waals surface area contributed by atoms with Crippen LogP contribution in [0.25, 0.3) is 0 Å². The van der Waals surface area contributed by atoms with E-state index in [0.29, 0.717) is 12.1 Å². The van der Waals surface area contributed by atoms with E-state index in [9.17, 15) is 9.18 Å². The van der Waals surface area contributed by atoms with E-state index in [0.717, 1.165) is 43.2 Å². The van der Waals surface area contributed by atoms with E-state index in [1.54, 1.807) is 6.07 Å². The third-order valence-electron chi connectivity index (χ3n) is 5.93. The summed E-state index contributed by atoms with van der Waals surface area (Å²) in [5.74, 6) is 1.72. The molecule has 4 rings (SSSR count). The molecule has 2 heterocycles. The molecule has 26 heavy (non-hydrogen) atoms. The van der Waals surface area contributed by atoms with Gasteiger partial charge in [0.1, 0.15) is 11.6 Å². The average molecular weight is 355 g/mol. The quantitative estimate of drug-likeness (QED) is 0.826. The second kappa shape index (κ2) is 7.22. The predicted molar refractivity (Wildman–Crippen MR) is 98.6 cm³/mol. The Hall–Kier alpha value is -2.17. The van der Waals surface area contributed by atoms with Crippen molar-refractivity contribution in [3.8, 4) is 0 Å². The molecule has 2 aromatic rings. The molecule has 1 unspecified atom stereocenters. The number of likely N-dealkylation sites (tertiary alicyclic amines) is 1. The van der Waals surface area contributed by atoms with Crippen molar-refractivity contribution in [2.45, 2.75) is 51.5 Å². The number of rotatable bonds is 4. The molecule has 5 heteroatoms. The number of nitrogens with zero attached hydrogens (tertiary/aromatic N) is 3. The van der Waals surface area contributed by atoms with Crippen LogP contribution in [-0.2, 0) is 6.54 Å². The summed E-state index contributed by atoms with van der Waals surface area (Å²) < 4.78 is 15.9. The smallest absolute Gasteiger partial charge is 0.254 e. The van der Waals surface area contributed by atoms with Gasteiger partial charge >= 0.3 is 0 Å². The number of aromatic nitrogens is 2. The summed E-state index contributed by atoms with van der Waals surface area (Å²) in [7, 11) is 0. The highest BCUT2D eigenvalue weighted by atomic mass is 19.1. The van der Waals surface area contributed by atoms with E-state index in [4.69, 9.17) is 0 Å². The molecular weight excluding hydrogens is 329 g/mol. The monoisotopic (exact) mass is 355 g/mol. The molecule has 1 aromatic heterocycles. The van der Waals surface area contributed by atoms with Crippen LogP contribution in [0.3, 0.4) is 0 Å². The molecule has 2 fully saturated rings. The third kappa shape index (κ3) is 3.39. The van der Waals surface area contributed by atoms with Crippen molar-refractivity contribution in [3.05, 3.63) is 53.4 Å². The molecule has 1 saturated heterocycles. The molecule has 1 atom stereocenters. The Labute approximate surface area is 154 Å². The van der Waals surface area contributed by atoms with Crippen molar-refractivity contribution in [1.82, 2.24) is 14.5 Å². The number of imidazole rings is 1. The lowest BCUT2D eigenvalue weighted by molar-refractivity contribution is 0.0701. The minimum atomic E-state index is -0.358. The second-order valence-corrected chi connectivity index (χ2v) is 7.78. The summed E-state index contributed by atoms with van der Waals surface area (Å²) in [4.78, 5) is 19.4. The SMILES string of the molecule is Cc1ccc(F)cc1C(=O)N1CCCC(c2nccn2CC2CCC2)C1. The van der Waals surface area contributed by atoms with Gasteiger partial charge in [-0.25, -0.2) is 9.37 Å². The zero-order valence-corrected chi connectivity index (χ0v) is 15.3. The Bertz CT molecular complexity index is 796. The maximum atomic E-state index is 13.6. The number of carbonyl (C=O) groups excluding carboxylic acids is 1. The van der Waals surface area contributed by atoms with E-state index >= 15 is 0 Å². The first kappa shape index (κ1) is 17.3. The highest BCUT2D eigenvalue weighted by Gasteiger charge is 2.29. The lowest BCUT2D eigenvalue weighted by Gasteiger charge is -2.34. The van der Waals surface area contributed by atoms with Crippen molar-refractivity contribution in [1.29, 1.82) is 0 Å². The molecule has 1 aliphatic carbocycles. The number of aryl methyl sites for hydroxylation is 1. The zero-order chi connectivity index (χ0) is 18.1. The van der Waals surface area contributed by atoms with Crippen LogP contribution in [-0.4, -0.2) is 33.4 Å². The lowest BCUT2D eigenvalue weighted by Crippen LogP contribution is -2.40. The molecule has 1 aromatic carbocycles. The zero-order valence-electron chi connectivity index (χ0n) is 15.3. The molecular formula is C21H26FN3O. The Morgan fingerprint density at radius 3 is 2.88 bits per heavy atom. The van der Waals surface area contributed by atoms with Crippen LogP contribution in [0.5, 0.6) is 0 Å². The number of amides is 1. The summed E-state index contributed by atoms with van der Waals surface area (Å²) in [6.45, 7) is 4.30. The molecule has 0 spiro atoms. The molecule has 0 radical (unpaired) electrons. The number of hydrogen-bond acceptors (Lipinski definition) is 2. The minimum Gasteiger partial charge on any atom is -0.338 e. The van der Waals surface area contributed by atoms with Gasteiger partial charge in [-0.05, 0) is 56.2 Å². The van der Waals surface area contributed by atoms with Crippen molar-refractivity contribution in [2.24, 2.45) is 5.92 Å². The van der Waals surface area contributed by atoms with Gasteiger partial charge in [0.25, 0.3) is 5.91 Å². The highest BCUT2D eigenvalue weighted by molar-refractivity contribution is 5.95. The van der Waals surface area contributed by atoms with Gasteiger partial charge in [-0.15, -0.1) is 0 Å². The van der Waals surface area contributed by atoms with Gasteiger partial charge in [-0.2, -0.15) is 0 Å². The average Bonchev–Trinajstić information content (AvgIpc) is 3.08. The van der Waals surface area contributed by atoms with Crippen molar-refractivity contribution >= 4 is 5.91 Å². The topological polar surface area (TPSA) is 38.1 Å². The van der Waals surface area contributed by atoms with E-state index in [-0.39, 0.29) is 17.6 Å². The van der Waals surface area contributed by atoms with Crippen LogP contribution in [0.4, 0.5) is 4.39 Å². The Morgan fingerprint density at radius 2 is 2.12 bits per heavy atom. The third-order valence-corrected chi connectivity index (χ3v) is 5.93. The van der Waals surface area contributed by atoms with Gasteiger partial charge in [0, 0.05) is 43.5 Å². The Balaban J connectivity index is 1.50. The van der Waals surface area contributed by atoms with Gasteiger partial charge in [-0.1, -0.05) is 12.5 Å². The van der Waals surface area contributed by atoms with Gasteiger partial charge in [0.05, 0.1) is 0 Å².